The van der Waals surface area contributed by atoms with Gasteiger partial charge in [0.15, 0.2) is 0 Å². The molecule has 0 fully saturated rings. The number of nitriles is 1. The molecule has 0 aromatic heterocycles. The van der Waals surface area contributed by atoms with E-state index in [0.717, 1.165) is 0 Å². The number of carbonyl (C=O) groups is 1. The summed E-state index contributed by atoms with van der Waals surface area (Å²) in [6.45, 7) is 0. The van der Waals surface area contributed by atoms with E-state index in [1.54, 1.807) is 0 Å². The first kappa shape index (κ1) is 10.5. The summed E-state index contributed by atoms with van der Waals surface area (Å²) in [5, 5.41) is 16.8. The summed E-state index contributed by atoms with van der Waals surface area (Å²) in [4.78, 5) is 10.3. The molecule has 1 rings (SSSR count). The molecule has 0 aliphatic heterocycles. The van der Waals surface area contributed by atoms with Crippen LogP contribution in [0.5, 0.6) is 0 Å². The van der Waals surface area contributed by atoms with Gasteiger partial charge in [0.1, 0.15) is 0 Å². The van der Waals surface area contributed by atoms with Crippen molar-refractivity contribution in [3.8, 4) is 6.07 Å². The third-order valence-corrected chi connectivity index (χ3v) is 1.26. The summed E-state index contributed by atoms with van der Waals surface area (Å²) in [6, 6.07) is 7.66. The maximum absolute atomic E-state index is 10.3. The fourth-order valence-corrected chi connectivity index (χ4v) is 0.687. The van der Waals surface area contributed by atoms with Crippen molar-refractivity contribution < 1.29 is 9.90 Å². The van der Waals surface area contributed by atoms with Crippen LogP contribution >= 0.6 is 12.4 Å². The highest BCUT2D eigenvalue weighted by molar-refractivity contribution is 5.87. The Morgan fingerprint density at radius 2 is 1.83 bits per heavy atom. The molecule has 0 saturated carbocycles. The topological polar surface area (TPSA) is 61.1 Å². The standard InChI is InChI=1S/C8H5NO2.ClH/c9-5-6-1-3-7(4-2-6)8(10)11;/h1-4H,(H,10,11);1H. The number of hydrogen-bond donors (Lipinski definition) is 1. The Bertz CT molecular complexity index is 313. The minimum atomic E-state index is -0.977. The third kappa shape index (κ3) is 2.26. The van der Waals surface area contributed by atoms with Crippen molar-refractivity contribution in [2.75, 3.05) is 0 Å². The number of nitrogens with zero attached hydrogens (tertiary/aromatic N) is 1. The van der Waals surface area contributed by atoms with Gasteiger partial charge in [0.25, 0.3) is 0 Å². The maximum atomic E-state index is 10.3. The van der Waals surface area contributed by atoms with Gasteiger partial charge in [-0.1, -0.05) is 0 Å². The summed E-state index contributed by atoms with van der Waals surface area (Å²) in [6.07, 6.45) is 0. The highest BCUT2D eigenvalue weighted by Gasteiger charge is 1.99. The first-order valence-corrected chi connectivity index (χ1v) is 2.97. The lowest BCUT2D eigenvalue weighted by Gasteiger charge is -1.91. The van der Waals surface area contributed by atoms with Crippen LogP contribution in [-0.4, -0.2) is 11.1 Å². The van der Waals surface area contributed by atoms with Gasteiger partial charge in [0, 0.05) is 0 Å². The Kier molecular flexibility index (Phi) is 3.81. The van der Waals surface area contributed by atoms with Crippen molar-refractivity contribution in [3.63, 3.8) is 0 Å². The van der Waals surface area contributed by atoms with E-state index in [2.05, 4.69) is 0 Å². The highest BCUT2D eigenvalue weighted by atomic mass is 35.5. The number of hydrogen-bond acceptors (Lipinski definition) is 2. The van der Waals surface area contributed by atoms with Gasteiger partial charge in [0.2, 0.25) is 0 Å². The monoisotopic (exact) mass is 183 g/mol. The third-order valence-electron chi connectivity index (χ3n) is 1.26. The van der Waals surface area contributed by atoms with Crippen LogP contribution in [0.25, 0.3) is 0 Å². The van der Waals surface area contributed by atoms with E-state index in [9.17, 15) is 4.79 Å². The average molecular weight is 184 g/mol. The Morgan fingerprint density at radius 3 is 2.17 bits per heavy atom. The molecule has 0 bridgehead atoms. The van der Waals surface area contributed by atoms with E-state index in [-0.39, 0.29) is 18.0 Å². The summed E-state index contributed by atoms with van der Waals surface area (Å²) < 4.78 is 0. The number of aromatic carboxylic acids is 1. The minimum Gasteiger partial charge on any atom is -0.478 e. The molecular formula is C8H6ClNO2. The second-order valence-corrected chi connectivity index (χ2v) is 1.99. The zero-order chi connectivity index (χ0) is 8.27. The normalized spacial score (nSPS) is 7.92. The van der Waals surface area contributed by atoms with Crippen molar-refractivity contribution in [3.05, 3.63) is 35.4 Å². The van der Waals surface area contributed by atoms with Gasteiger partial charge < -0.3 is 5.11 Å². The molecule has 0 amide bonds. The Hall–Kier alpha value is -1.53. The first-order chi connectivity index (χ1) is 5.24. The van der Waals surface area contributed by atoms with Gasteiger partial charge in [-0.3, -0.25) is 0 Å². The van der Waals surface area contributed by atoms with Crippen LogP contribution in [-0.2, 0) is 0 Å². The molecule has 62 valence electrons. The molecule has 1 aromatic carbocycles. The number of rotatable bonds is 1. The summed E-state index contributed by atoms with van der Waals surface area (Å²) >= 11 is 0. The SMILES string of the molecule is Cl.N#Cc1ccc(C(=O)O)cc1. The molecule has 0 saturated heterocycles. The molecule has 0 heterocycles. The lowest BCUT2D eigenvalue weighted by molar-refractivity contribution is 0.0697. The van der Waals surface area contributed by atoms with E-state index >= 15 is 0 Å². The van der Waals surface area contributed by atoms with E-state index in [4.69, 9.17) is 10.4 Å². The first-order valence-electron chi connectivity index (χ1n) is 2.97. The van der Waals surface area contributed by atoms with Gasteiger partial charge in [0.05, 0.1) is 17.2 Å². The molecule has 4 heteroatoms. The Labute approximate surface area is 75.7 Å². The number of carboxylic acid groups (broad SMARTS) is 1. The number of benzene rings is 1. The van der Waals surface area contributed by atoms with Gasteiger partial charge >= 0.3 is 5.97 Å². The fourth-order valence-electron chi connectivity index (χ4n) is 0.687. The van der Waals surface area contributed by atoms with Gasteiger partial charge in [-0.25, -0.2) is 4.79 Å². The van der Waals surface area contributed by atoms with Crippen LogP contribution in [0.4, 0.5) is 0 Å². The molecular weight excluding hydrogens is 178 g/mol. The molecule has 0 atom stereocenters. The summed E-state index contributed by atoms with van der Waals surface area (Å²) in [5.74, 6) is -0.977. The van der Waals surface area contributed by atoms with Crippen LogP contribution in [0.15, 0.2) is 24.3 Å². The minimum absolute atomic E-state index is 0. The number of carboxylic acids is 1. The van der Waals surface area contributed by atoms with E-state index in [1.807, 2.05) is 6.07 Å². The van der Waals surface area contributed by atoms with Gasteiger partial charge in [-0.15, -0.1) is 12.4 Å². The zero-order valence-electron chi connectivity index (χ0n) is 6.02. The summed E-state index contributed by atoms with van der Waals surface area (Å²) in [5.41, 5.74) is 0.666. The van der Waals surface area contributed by atoms with Crippen molar-refractivity contribution in [1.29, 1.82) is 5.26 Å². The molecule has 1 N–H and O–H groups in total. The van der Waals surface area contributed by atoms with Crippen LogP contribution in [0, 0.1) is 11.3 Å². The highest BCUT2D eigenvalue weighted by Crippen LogP contribution is 2.02. The second-order valence-electron chi connectivity index (χ2n) is 1.99. The quantitative estimate of drug-likeness (QED) is 0.721. The number of halogens is 1. The van der Waals surface area contributed by atoms with Crippen LogP contribution in [0.3, 0.4) is 0 Å². The molecule has 0 unspecified atom stereocenters. The van der Waals surface area contributed by atoms with Crippen molar-refractivity contribution in [2.24, 2.45) is 0 Å². The van der Waals surface area contributed by atoms with Crippen molar-refractivity contribution in [2.45, 2.75) is 0 Å². The molecule has 12 heavy (non-hydrogen) atoms. The van der Waals surface area contributed by atoms with Crippen LogP contribution in [0.2, 0.25) is 0 Å². The largest absolute Gasteiger partial charge is 0.478 e. The smallest absolute Gasteiger partial charge is 0.335 e. The van der Waals surface area contributed by atoms with Gasteiger partial charge in [-0.2, -0.15) is 5.26 Å². The summed E-state index contributed by atoms with van der Waals surface area (Å²) in [7, 11) is 0. The molecule has 1 aromatic rings. The van der Waals surface area contributed by atoms with E-state index < -0.39 is 5.97 Å². The molecule has 3 nitrogen and oxygen atoms in total. The average Bonchev–Trinajstić information content (AvgIpc) is 2.05. The van der Waals surface area contributed by atoms with Crippen LogP contribution < -0.4 is 0 Å². The van der Waals surface area contributed by atoms with E-state index in [0.29, 0.717) is 5.56 Å². The van der Waals surface area contributed by atoms with E-state index in [1.165, 1.54) is 24.3 Å². The lowest BCUT2D eigenvalue weighted by atomic mass is 10.1. The molecule has 0 aliphatic carbocycles. The van der Waals surface area contributed by atoms with Gasteiger partial charge in [-0.05, 0) is 24.3 Å². The molecule has 0 spiro atoms. The lowest BCUT2D eigenvalue weighted by Crippen LogP contribution is -1.94. The maximum Gasteiger partial charge on any atom is 0.335 e. The van der Waals surface area contributed by atoms with Crippen LogP contribution in [0.1, 0.15) is 15.9 Å². The predicted molar refractivity (Wildman–Crippen MR) is 45.4 cm³/mol. The Morgan fingerprint density at radius 1 is 1.33 bits per heavy atom. The fraction of sp³-hybridized carbons (Fsp3) is 0. The predicted octanol–water partition coefficient (Wildman–Crippen LogP) is 1.68. The Balaban J connectivity index is 0.00000121. The van der Waals surface area contributed by atoms with Crippen molar-refractivity contribution in [1.82, 2.24) is 0 Å². The zero-order valence-corrected chi connectivity index (χ0v) is 6.84. The second kappa shape index (κ2) is 4.37. The van der Waals surface area contributed by atoms with Crippen molar-refractivity contribution >= 4 is 18.4 Å². The molecule has 0 radical (unpaired) electrons. The molecule has 0 aliphatic rings.